The van der Waals surface area contributed by atoms with E-state index in [1.807, 2.05) is 25.2 Å². The normalized spacial score (nSPS) is 30.1. The third-order valence-corrected chi connectivity index (χ3v) is 2.05. The topological polar surface area (TPSA) is 38.3 Å². The van der Waals surface area contributed by atoms with Gasteiger partial charge in [-0.25, -0.2) is 4.79 Å². The second kappa shape index (κ2) is 2.60. The third-order valence-electron chi connectivity index (χ3n) is 2.05. The Kier molecular flexibility index (Phi) is 1.59. The molecule has 1 saturated heterocycles. The fourth-order valence-electron chi connectivity index (χ4n) is 1.39. The number of allylic oxidation sites excluding steroid dienone is 3. The number of carbonyl (C=O) groups excluding carboxylic acids is 1. The minimum Gasteiger partial charge on any atom is -0.366 e. The van der Waals surface area contributed by atoms with E-state index in [0.717, 1.165) is 5.57 Å². The van der Waals surface area contributed by atoms with Gasteiger partial charge in [0.25, 0.3) is 0 Å². The molecule has 0 aromatic carbocycles. The van der Waals surface area contributed by atoms with Gasteiger partial charge >= 0.3 is 5.97 Å². The smallest absolute Gasteiger partial charge is 0.354 e. The summed E-state index contributed by atoms with van der Waals surface area (Å²) >= 11 is 0. The molecule has 62 valence electrons. The highest BCUT2D eigenvalue weighted by Crippen LogP contribution is 2.23. The average Bonchev–Trinajstić information content (AvgIpc) is 2.48. The number of carbonyl (C=O) groups is 1. The van der Waals surface area contributed by atoms with E-state index in [4.69, 9.17) is 4.84 Å². The van der Waals surface area contributed by atoms with Crippen molar-refractivity contribution in [2.75, 3.05) is 0 Å². The predicted octanol–water partition coefficient (Wildman–Crippen LogP) is 0.859. The Morgan fingerprint density at radius 3 is 3.25 bits per heavy atom. The molecule has 1 heterocycles. The van der Waals surface area contributed by atoms with Gasteiger partial charge in [0.2, 0.25) is 0 Å². The number of rotatable bonds is 0. The summed E-state index contributed by atoms with van der Waals surface area (Å²) in [7, 11) is 0. The van der Waals surface area contributed by atoms with Crippen molar-refractivity contribution in [2.24, 2.45) is 0 Å². The number of hydrogen-bond acceptors (Lipinski definition) is 3. The fourth-order valence-corrected chi connectivity index (χ4v) is 1.39. The van der Waals surface area contributed by atoms with Crippen LogP contribution in [0.5, 0.6) is 0 Å². The highest BCUT2D eigenvalue weighted by Gasteiger charge is 2.32. The van der Waals surface area contributed by atoms with E-state index in [2.05, 4.69) is 5.48 Å². The maximum atomic E-state index is 11.1. The molecule has 1 aliphatic carbocycles. The van der Waals surface area contributed by atoms with Crippen molar-refractivity contribution in [2.45, 2.75) is 13.0 Å². The van der Waals surface area contributed by atoms with E-state index < -0.39 is 0 Å². The Labute approximate surface area is 70.4 Å². The average molecular weight is 163 g/mol. The van der Waals surface area contributed by atoms with E-state index in [1.165, 1.54) is 0 Å². The zero-order valence-corrected chi connectivity index (χ0v) is 6.70. The second-order valence-corrected chi connectivity index (χ2v) is 2.71. The number of hydrogen-bond donors (Lipinski definition) is 1. The van der Waals surface area contributed by atoms with Crippen molar-refractivity contribution in [1.82, 2.24) is 5.48 Å². The lowest BCUT2D eigenvalue weighted by Crippen LogP contribution is -2.24. The van der Waals surface area contributed by atoms with Gasteiger partial charge in [-0.1, -0.05) is 18.2 Å². The van der Waals surface area contributed by atoms with Gasteiger partial charge in [-0.05, 0) is 18.6 Å². The highest BCUT2D eigenvalue weighted by molar-refractivity contribution is 5.93. The first-order valence-corrected chi connectivity index (χ1v) is 3.84. The van der Waals surface area contributed by atoms with Crippen molar-refractivity contribution in [1.29, 1.82) is 0 Å². The van der Waals surface area contributed by atoms with Crippen molar-refractivity contribution in [3.8, 4) is 0 Å². The molecule has 1 unspecified atom stereocenters. The zero-order chi connectivity index (χ0) is 8.55. The van der Waals surface area contributed by atoms with Crippen LogP contribution in [0.4, 0.5) is 0 Å². The molecule has 0 amide bonds. The van der Waals surface area contributed by atoms with Crippen molar-refractivity contribution < 1.29 is 9.63 Å². The standard InChI is InChI=1S/C9H9NO2/c1-2-6-4-3-5-7-8(6)10-12-9(7)11/h2-5,8,10H,1H3. The Hall–Kier alpha value is -1.35. The monoisotopic (exact) mass is 163 g/mol. The first-order chi connectivity index (χ1) is 5.83. The second-order valence-electron chi connectivity index (χ2n) is 2.71. The van der Waals surface area contributed by atoms with Crippen LogP contribution in [0.3, 0.4) is 0 Å². The van der Waals surface area contributed by atoms with Crippen LogP contribution in [0.2, 0.25) is 0 Å². The maximum Gasteiger partial charge on any atom is 0.354 e. The Bertz CT molecular complexity index is 312. The molecular formula is C9H9NO2. The van der Waals surface area contributed by atoms with E-state index >= 15 is 0 Å². The van der Waals surface area contributed by atoms with Crippen LogP contribution in [0.15, 0.2) is 35.5 Å². The zero-order valence-electron chi connectivity index (χ0n) is 6.70. The van der Waals surface area contributed by atoms with E-state index in [0.29, 0.717) is 5.57 Å². The van der Waals surface area contributed by atoms with Crippen LogP contribution in [0.25, 0.3) is 0 Å². The summed E-state index contributed by atoms with van der Waals surface area (Å²) in [4.78, 5) is 15.7. The molecule has 2 aliphatic rings. The molecule has 0 saturated carbocycles. The van der Waals surface area contributed by atoms with Gasteiger partial charge in [-0.15, -0.1) is 5.48 Å². The van der Waals surface area contributed by atoms with E-state index in [-0.39, 0.29) is 12.0 Å². The minimum absolute atomic E-state index is 0.0625. The van der Waals surface area contributed by atoms with E-state index in [1.54, 1.807) is 6.08 Å². The predicted molar refractivity (Wildman–Crippen MR) is 44.0 cm³/mol. The lowest BCUT2D eigenvalue weighted by Gasteiger charge is -2.11. The van der Waals surface area contributed by atoms with Gasteiger partial charge < -0.3 is 4.84 Å². The largest absolute Gasteiger partial charge is 0.366 e. The SMILES string of the molecule is CC=C1C=CC=C2C(=O)ONC12. The highest BCUT2D eigenvalue weighted by atomic mass is 16.7. The van der Waals surface area contributed by atoms with Crippen molar-refractivity contribution in [3.63, 3.8) is 0 Å². The molecule has 12 heavy (non-hydrogen) atoms. The van der Waals surface area contributed by atoms with Gasteiger partial charge in [-0.2, -0.15) is 0 Å². The molecule has 1 fully saturated rings. The summed E-state index contributed by atoms with van der Waals surface area (Å²) in [6.07, 6.45) is 7.56. The molecule has 1 aliphatic heterocycles. The molecule has 1 atom stereocenters. The summed E-state index contributed by atoms with van der Waals surface area (Å²) in [5.74, 6) is -0.274. The summed E-state index contributed by atoms with van der Waals surface area (Å²) in [5, 5.41) is 0. The number of nitrogens with one attached hydrogen (secondary N) is 1. The quantitative estimate of drug-likeness (QED) is 0.575. The Morgan fingerprint density at radius 2 is 2.50 bits per heavy atom. The van der Waals surface area contributed by atoms with Crippen molar-refractivity contribution >= 4 is 5.97 Å². The fraction of sp³-hybridized carbons (Fsp3) is 0.222. The first kappa shape index (κ1) is 7.31. The molecule has 0 aromatic rings. The number of hydroxylamine groups is 1. The molecule has 2 rings (SSSR count). The van der Waals surface area contributed by atoms with Crippen molar-refractivity contribution in [3.05, 3.63) is 35.5 Å². The molecule has 1 N–H and O–H groups in total. The van der Waals surface area contributed by atoms with Gasteiger partial charge in [0.1, 0.15) is 0 Å². The van der Waals surface area contributed by atoms with Crippen LogP contribution in [0, 0.1) is 0 Å². The summed E-state index contributed by atoms with van der Waals surface area (Å²) in [6, 6.07) is -0.0625. The molecule has 3 nitrogen and oxygen atoms in total. The third kappa shape index (κ3) is 0.905. The van der Waals surface area contributed by atoms with Crippen LogP contribution in [0.1, 0.15) is 6.92 Å². The Balaban J connectivity index is 2.40. The molecule has 0 aromatic heterocycles. The van der Waals surface area contributed by atoms with Crippen LogP contribution in [-0.4, -0.2) is 12.0 Å². The maximum absolute atomic E-state index is 11.1. The van der Waals surface area contributed by atoms with Gasteiger partial charge in [0.15, 0.2) is 0 Å². The van der Waals surface area contributed by atoms with Gasteiger partial charge in [0, 0.05) is 0 Å². The molecule has 0 bridgehead atoms. The minimum atomic E-state index is -0.274. The number of fused-ring (bicyclic) bond motifs is 1. The molecule has 3 heteroatoms. The first-order valence-electron chi connectivity index (χ1n) is 3.84. The molecule has 0 radical (unpaired) electrons. The van der Waals surface area contributed by atoms with E-state index in [9.17, 15) is 4.79 Å². The molecular weight excluding hydrogens is 154 g/mol. The Morgan fingerprint density at radius 1 is 1.67 bits per heavy atom. The summed E-state index contributed by atoms with van der Waals surface area (Å²) in [5.41, 5.74) is 4.43. The van der Waals surface area contributed by atoms with Crippen LogP contribution >= 0.6 is 0 Å². The lowest BCUT2D eigenvalue weighted by atomic mass is 9.95. The van der Waals surface area contributed by atoms with Crippen LogP contribution < -0.4 is 5.48 Å². The lowest BCUT2D eigenvalue weighted by molar-refractivity contribution is -0.140. The summed E-state index contributed by atoms with van der Waals surface area (Å²) in [6.45, 7) is 1.94. The van der Waals surface area contributed by atoms with Gasteiger partial charge in [0.05, 0.1) is 11.6 Å². The van der Waals surface area contributed by atoms with Gasteiger partial charge in [-0.3, -0.25) is 0 Å². The van der Waals surface area contributed by atoms with Crippen LogP contribution in [-0.2, 0) is 9.63 Å². The summed E-state index contributed by atoms with van der Waals surface area (Å²) < 4.78 is 0. The molecule has 0 spiro atoms.